The summed E-state index contributed by atoms with van der Waals surface area (Å²) >= 11 is 0. The van der Waals surface area contributed by atoms with Crippen molar-refractivity contribution in [3.8, 4) is 0 Å². The predicted octanol–water partition coefficient (Wildman–Crippen LogP) is 2.65. The van der Waals surface area contributed by atoms with E-state index in [1.165, 1.54) is 0 Å². The second-order valence-electron chi connectivity index (χ2n) is 9.88. The molecule has 34 heavy (non-hydrogen) atoms. The molecule has 1 fully saturated rings. The maximum atomic E-state index is 13.6. The lowest BCUT2D eigenvalue weighted by Gasteiger charge is -2.18. The van der Waals surface area contributed by atoms with Gasteiger partial charge in [0.15, 0.2) is 0 Å². The zero-order chi connectivity index (χ0) is 24.2. The molecule has 8 nitrogen and oxygen atoms in total. The summed E-state index contributed by atoms with van der Waals surface area (Å²) in [6, 6.07) is 3.78. The van der Waals surface area contributed by atoms with Gasteiger partial charge in [-0.2, -0.15) is 0 Å². The molecule has 5 rings (SSSR count). The highest BCUT2D eigenvalue weighted by Crippen LogP contribution is 2.42. The first-order valence-corrected chi connectivity index (χ1v) is 13.5. The lowest BCUT2D eigenvalue weighted by Crippen LogP contribution is -2.39. The number of nitrogens with one attached hydrogen (secondary N) is 3. The number of sulfonamides is 1. The Hall–Kier alpha value is -2.78. The summed E-state index contributed by atoms with van der Waals surface area (Å²) in [5.41, 5.74) is 2.23. The SMILES string of the molecule is CCNc1c(NC2Cc3cc4cnc(C5CC5)cc4c(S(=O)(=O)NCC(C)C)c3C2)c(=O)c1=O. The molecule has 1 saturated carbocycles. The summed E-state index contributed by atoms with van der Waals surface area (Å²) < 4.78 is 29.9. The van der Waals surface area contributed by atoms with Gasteiger partial charge in [-0.15, -0.1) is 0 Å². The molecule has 3 aromatic rings. The highest BCUT2D eigenvalue weighted by molar-refractivity contribution is 7.89. The van der Waals surface area contributed by atoms with E-state index in [1.54, 1.807) is 6.20 Å². The van der Waals surface area contributed by atoms with Gasteiger partial charge < -0.3 is 10.6 Å². The van der Waals surface area contributed by atoms with Crippen LogP contribution < -0.4 is 26.2 Å². The Balaban J connectivity index is 1.56. The van der Waals surface area contributed by atoms with E-state index in [2.05, 4.69) is 20.3 Å². The van der Waals surface area contributed by atoms with E-state index < -0.39 is 20.9 Å². The molecule has 1 aromatic heterocycles. The normalized spacial score (nSPS) is 18.1. The Morgan fingerprint density at radius 1 is 1.09 bits per heavy atom. The number of benzene rings is 1. The van der Waals surface area contributed by atoms with E-state index in [4.69, 9.17) is 0 Å². The third kappa shape index (κ3) is 4.01. The van der Waals surface area contributed by atoms with Crippen LogP contribution in [-0.2, 0) is 22.9 Å². The van der Waals surface area contributed by atoms with Crippen LogP contribution in [0.1, 0.15) is 56.4 Å². The zero-order valence-electron chi connectivity index (χ0n) is 19.7. The first kappa shape index (κ1) is 23.0. The van der Waals surface area contributed by atoms with E-state index in [0.29, 0.717) is 53.5 Å². The molecule has 180 valence electrons. The quantitative estimate of drug-likeness (QED) is 0.401. The molecule has 0 saturated heterocycles. The standard InChI is InChI=1S/C25H30N4O4S/c1-4-26-21-22(24(31)23(21)30)29-17-8-15-7-16-12-27-20(14-5-6-14)10-19(16)25(18(15)9-17)34(32,33)28-11-13(2)3/h7,10,12-14,17,26,28-29H,4-6,8-9,11H2,1-3H3. The fourth-order valence-electron chi connectivity index (χ4n) is 4.81. The van der Waals surface area contributed by atoms with Crippen molar-refractivity contribution >= 4 is 32.2 Å². The number of nitrogens with zero attached hydrogens (tertiary/aromatic N) is 1. The van der Waals surface area contributed by atoms with Crippen LogP contribution in [0.4, 0.5) is 11.4 Å². The summed E-state index contributed by atoms with van der Waals surface area (Å²) in [6.45, 7) is 6.69. The lowest BCUT2D eigenvalue weighted by atomic mass is 10.0. The van der Waals surface area contributed by atoms with E-state index in [0.717, 1.165) is 35.0 Å². The van der Waals surface area contributed by atoms with Crippen LogP contribution in [0.3, 0.4) is 0 Å². The van der Waals surface area contributed by atoms with Gasteiger partial charge in [0.25, 0.3) is 10.9 Å². The fourth-order valence-corrected chi connectivity index (χ4v) is 6.51. The largest absolute Gasteiger partial charge is 0.380 e. The molecule has 0 spiro atoms. The van der Waals surface area contributed by atoms with Crippen molar-refractivity contribution in [1.82, 2.24) is 9.71 Å². The number of anilines is 2. The number of hydrogen-bond acceptors (Lipinski definition) is 7. The van der Waals surface area contributed by atoms with E-state index in [9.17, 15) is 18.0 Å². The number of pyridine rings is 1. The van der Waals surface area contributed by atoms with Gasteiger partial charge in [0, 0.05) is 47.7 Å². The molecular weight excluding hydrogens is 452 g/mol. The maximum Gasteiger partial charge on any atom is 0.253 e. The minimum Gasteiger partial charge on any atom is -0.380 e. The highest BCUT2D eigenvalue weighted by atomic mass is 32.2. The third-order valence-corrected chi connectivity index (χ3v) is 8.22. The molecule has 1 unspecified atom stereocenters. The molecule has 0 bridgehead atoms. The van der Waals surface area contributed by atoms with Crippen molar-refractivity contribution in [2.75, 3.05) is 23.7 Å². The number of fused-ring (bicyclic) bond motifs is 2. The van der Waals surface area contributed by atoms with Crippen molar-refractivity contribution in [3.05, 3.63) is 55.6 Å². The zero-order valence-corrected chi connectivity index (χ0v) is 20.5. The van der Waals surface area contributed by atoms with Gasteiger partial charge in [0.2, 0.25) is 10.0 Å². The fraction of sp³-hybridized carbons (Fsp3) is 0.480. The molecule has 3 N–H and O–H groups in total. The van der Waals surface area contributed by atoms with Crippen molar-refractivity contribution in [2.45, 2.75) is 63.3 Å². The Morgan fingerprint density at radius 3 is 2.50 bits per heavy atom. The molecule has 0 amide bonds. The van der Waals surface area contributed by atoms with Gasteiger partial charge in [0.1, 0.15) is 11.4 Å². The minimum atomic E-state index is -3.76. The Morgan fingerprint density at radius 2 is 1.82 bits per heavy atom. The Labute approximate surface area is 198 Å². The van der Waals surface area contributed by atoms with Gasteiger partial charge in [-0.25, -0.2) is 13.1 Å². The number of rotatable bonds is 9. The van der Waals surface area contributed by atoms with Crippen LogP contribution in [0.25, 0.3) is 10.8 Å². The monoisotopic (exact) mass is 482 g/mol. The molecule has 9 heteroatoms. The van der Waals surface area contributed by atoms with Gasteiger partial charge in [-0.3, -0.25) is 14.6 Å². The third-order valence-electron chi connectivity index (χ3n) is 6.67. The van der Waals surface area contributed by atoms with Crippen molar-refractivity contribution in [1.29, 1.82) is 0 Å². The van der Waals surface area contributed by atoms with Gasteiger partial charge in [0.05, 0.1) is 4.90 Å². The van der Waals surface area contributed by atoms with E-state index >= 15 is 0 Å². The second-order valence-corrected chi connectivity index (χ2v) is 11.6. The van der Waals surface area contributed by atoms with Crippen molar-refractivity contribution < 1.29 is 8.42 Å². The topological polar surface area (TPSA) is 117 Å². The van der Waals surface area contributed by atoms with Crippen LogP contribution in [0.2, 0.25) is 0 Å². The Bertz CT molecular complexity index is 1450. The van der Waals surface area contributed by atoms with Crippen molar-refractivity contribution in [2.24, 2.45) is 5.92 Å². The first-order chi connectivity index (χ1) is 16.2. The minimum absolute atomic E-state index is 0.175. The predicted molar refractivity (Wildman–Crippen MR) is 134 cm³/mol. The second kappa shape index (κ2) is 8.46. The van der Waals surface area contributed by atoms with Crippen LogP contribution in [0.5, 0.6) is 0 Å². The molecular formula is C25H30N4O4S. The highest BCUT2D eigenvalue weighted by Gasteiger charge is 2.34. The molecule has 2 aliphatic rings. The van der Waals surface area contributed by atoms with Crippen molar-refractivity contribution in [3.63, 3.8) is 0 Å². The first-order valence-electron chi connectivity index (χ1n) is 12.0. The molecule has 1 heterocycles. The summed E-state index contributed by atoms with van der Waals surface area (Å²) in [4.78, 5) is 29.0. The van der Waals surface area contributed by atoms with Crippen LogP contribution in [0.15, 0.2) is 32.8 Å². The summed E-state index contributed by atoms with van der Waals surface area (Å²) in [5.74, 6) is 0.583. The number of aromatic nitrogens is 1. The lowest BCUT2D eigenvalue weighted by molar-refractivity contribution is 0.560. The summed E-state index contributed by atoms with van der Waals surface area (Å²) in [5, 5.41) is 7.67. The summed E-state index contributed by atoms with van der Waals surface area (Å²) in [6.07, 6.45) is 4.96. The van der Waals surface area contributed by atoms with E-state index in [1.807, 2.05) is 32.9 Å². The van der Waals surface area contributed by atoms with Crippen LogP contribution >= 0.6 is 0 Å². The van der Waals surface area contributed by atoms with Gasteiger partial charge in [-0.05, 0) is 61.8 Å². The molecule has 0 aliphatic heterocycles. The molecule has 2 aromatic carbocycles. The Kier molecular flexibility index (Phi) is 5.72. The van der Waals surface area contributed by atoms with Gasteiger partial charge in [-0.1, -0.05) is 13.8 Å². The number of hydrogen-bond donors (Lipinski definition) is 3. The molecule has 1 atom stereocenters. The van der Waals surface area contributed by atoms with Crippen LogP contribution in [0, 0.1) is 5.92 Å². The maximum absolute atomic E-state index is 13.6. The molecule has 2 aliphatic carbocycles. The average molecular weight is 483 g/mol. The average Bonchev–Trinajstić information content (AvgIpc) is 3.58. The smallest absolute Gasteiger partial charge is 0.253 e. The van der Waals surface area contributed by atoms with Crippen LogP contribution in [-0.4, -0.2) is 32.5 Å². The van der Waals surface area contributed by atoms with E-state index in [-0.39, 0.29) is 12.0 Å². The van der Waals surface area contributed by atoms with Gasteiger partial charge >= 0.3 is 0 Å². The molecule has 0 radical (unpaired) electrons. The summed E-state index contributed by atoms with van der Waals surface area (Å²) in [7, 11) is -3.76.